The van der Waals surface area contributed by atoms with Crippen molar-refractivity contribution in [3.05, 3.63) is 58.6 Å². The van der Waals surface area contributed by atoms with Crippen molar-refractivity contribution in [3.63, 3.8) is 0 Å². The summed E-state index contributed by atoms with van der Waals surface area (Å²) < 4.78 is 12.3. The van der Waals surface area contributed by atoms with Crippen LogP contribution in [0.15, 0.2) is 33.5 Å². The molecule has 0 spiro atoms. The number of carbonyl (C=O) groups is 2. The molecule has 1 amide bonds. The van der Waals surface area contributed by atoms with E-state index in [-0.39, 0.29) is 23.7 Å². The predicted octanol–water partition coefficient (Wildman–Crippen LogP) is 2.10. The van der Waals surface area contributed by atoms with Crippen LogP contribution in [0.3, 0.4) is 0 Å². The summed E-state index contributed by atoms with van der Waals surface area (Å²) in [6.45, 7) is 3.99. The van der Waals surface area contributed by atoms with E-state index >= 15 is 0 Å². The summed E-state index contributed by atoms with van der Waals surface area (Å²) in [5.41, 5.74) is 1.27. The van der Waals surface area contributed by atoms with Gasteiger partial charge in [-0.3, -0.25) is 9.48 Å². The first-order chi connectivity index (χ1) is 12.3. The molecule has 3 rings (SSSR count). The van der Waals surface area contributed by atoms with Gasteiger partial charge in [0.1, 0.15) is 23.6 Å². The molecule has 26 heavy (non-hydrogen) atoms. The van der Waals surface area contributed by atoms with Gasteiger partial charge in [0.2, 0.25) is 0 Å². The molecule has 3 aromatic rings. The smallest absolute Gasteiger partial charge is 0.339 e. The topological polar surface area (TPSA) is 115 Å². The standard InChI is InChI=1S/C17H18N4O5/c1-10-6-18-21(7-10)9-13-5-15(19-26-13)16(22)20(3)8-12-4-14(17(23)24)11(2)25-12/h4-7H,8-9H2,1-3H3,(H,23,24). The quantitative estimate of drug-likeness (QED) is 0.717. The number of amides is 1. The van der Waals surface area contributed by atoms with Crippen LogP contribution in [0.4, 0.5) is 0 Å². The molecule has 136 valence electrons. The second kappa shape index (κ2) is 6.87. The summed E-state index contributed by atoms with van der Waals surface area (Å²) in [6.07, 6.45) is 3.59. The maximum absolute atomic E-state index is 12.5. The molecule has 0 aliphatic carbocycles. The number of furan rings is 1. The zero-order chi connectivity index (χ0) is 18.8. The third kappa shape index (κ3) is 3.66. The van der Waals surface area contributed by atoms with Crippen molar-refractivity contribution in [2.45, 2.75) is 26.9 Å². The van der Waals surface area contributed by atoms with Gasteiger partial charge in [0.05, 0.1) is 12.7 Å². The van der Waals surface area contributed by atoms with Crippen LogP contribution in [0.5, 0.6) is 0 Å². The molecule has 0 atom stereocenters. The first kappa shape index (κ1) is 17.5. The van der Waals surface area contributed by atoms with E-state index < -0.39 is 5.97 Å². The van der Waals surface area contributed by atoms with E-state index in [9.17, 15) is 9.59 Å². The molecule has 9 heteroatoms. The van der Waals surface area contributed by atoms with E-state index in [1.165, 1.54) is 11.0 Å². The van der Waals surface area contributed by atoms with Crippen molar-refractivity contribution in [3.8, 4) is 0 Å². The molecule has 0 fully saturated rings. The molecule has 3 aromatic heterocycles. The first-order valence-electron chi connectivity index (χ1n) is 7.86. The molecule has 0 unspecified atom stereocenters. The molecule has 0 bridgehead atoms. The van der Waals surface area contributed by atoms with Crippen LogP contribution in [-0.2, 0) is 13.1 Å². The van der Waals surface area contributed by atoms with E-state index in [4.69, 9.17) is 14.0 Å². The summed E-state index contributed by atoms with van der Waals surface area (Å²) in [7, 11) is 1.58. The Balaban J connectivity index is 1.67. The number of carboxylic acids is 1. The van der Waals surface area contributed by atoms with Crippen LogP contribution in [0, 0.1) is 13.8 Å². The Morgan fingerprint density at radius 1 is 1.27 bits per heavy atom. The molecule has 0 aliphatic heterocycles. The highest BCUT2D eigenvalue weighted by Crippen LogP contribution is 2.17. The SMILES string of the molecule is Cc1cnn(Cc2cc(C(=O)N(C)Cc3cc(C(=O)O)c(C)o3)no2)c1. The Bertz CT molecular complexity index is 952. The number of hydrogen-bond donors (Lipinski definition) is 1. The van der Waals surface area contributed by atoms with Gasteiger partial charge in [0, 0.05) is 19.3 Å². The Hall–Kier alpha value is -3.36. The molecular weight excluding hydrogens is 340 g/mol. The van der Waals surface area contributed by atoms with Crippen LogP contribution >= 0.6 is 0 Å². The van der Waals surface area contributed by atoms with Crippen molar-refractivity contribution >= 4 is 11.9 Å². The lowest BCUT2D eigenvalue weighted by atomic mass is 10.2. The summed E-state index contributed by atoms with van der Waals surface area (Å²) in [5.74, 6) is -0.242. The lowest BCUT2D eigenvalue weighted by molar-refractivity contribution is 0.0694. The van der Waals surface area contributed by atoms with Crippen LogP contribution < -0.4 is 0 Å². The normalized spacial score (nSPS) is 10.9. The van der Waals surface area contributed by atoms with Gasteiger partial charge in [-0.25, -0.2) is 4.79 Å². The molecule has 0 radical (unpaired) electrons. The van der Waals surface area contributed by atoms with E-state index in [0.717, 1.165) is 5.56 Å². The lowest BCUT2D eigenvalue weighted by Crippen LogP contribution is -2.26. The van der Waals surface area contributed by atoms with Gasteiger partial charge in [0.25, 0.3) is 5.91 Å². The zero-order valence-corrected chi connectivity index (χ0v) is 14.6. The number of hydrogen-bond acceptors (Lipinski definition) is 6. The Morgan fingerprint density at radius 2 is 2.04 bits per heavy atom. The number of aromatic nitrogens is 3. The highest BCUT2D eigenvalue weighted by molar-refractivity contribution is 5.92. The number of aromatic carboxylic acids is 1. The van der Waals surface area contributed by atoms with Gasteiger partial charge >= 0.3 is 5.97 Å². The fourth-order valence-electron chi connectivity index (χ4n) is 2.54. The number of carboxylic acid groups (broad SMARTS) is 1. The summed E-state index contributed by atoms with van der Waals surface area (Å²) in [4.78, 5) is 24.9. The molecule has 0 aliphatic rings. The second-order valence-electron chi connectivity index (χ2n) is 6.04. The third-order valence-corrected chi connectivity index (χ3v) is 3.80. The minimum Gasteiger partial charge on any atom is -0.478 e. The fraction of sp³-hybridized carbons (Fsp3) is 0.294. The number of carbonyl (C=O) groups excluding carboxylic acids is 1. The molecular formula is C17H18N4O5. The van der Waals surface area contributed by atoms with Crippen molar-refractivity contribution < 1.29 is 23.6 Å². The summed E-state index contributed by atoms with van der Waals surface area (Å²) >= 11 is 0. The molecule has 0 aromatic carbocycles. The fourth-order valence-corrected chi connectivity index (χ4v) is 2.54. The van der Waals surface area contributed by atoms with Crippen LogP contribution in [0.25, 0.3) is 0 Å². The number of rotatable bonds is 6. The summed E-state index contributed by atoms with van der Waals surface area (Å²) in [6, 6.07) is 2.97. The zero-order valence-electron chi connectivity index (χ0n) is 14.6. The molecule has 9 nitrogen and oxygen atoms in total. The van der Waals surface area contributed by atoms with Crippen molar-refractivity contribution in [2.24, 2.45) is 0 Å². The van der Waals surface area contributed by atoms with Crippen molar-refractivity contribution in [2.75, 3.05) is 7.05 Å². The summed E-state index contributed by atoms with van der Waals surface area (Å²) in [5, 5.41) is 17.0. The van der Waals surface area contributed by atoms with Crippen molar-refractivity contribution in [1.82, 2.24) is 19.8 Å². The first-order valence-corrected chi connectivity index (χ1v) is 7.86. The molecule has 0 saturated heterocycles. The minimum absolute atomic E-state index is 0.0825. The van der Waals surface area contributed by atoms with E-state index in [0.29, 0.717) is 23.8 Å². The van der Waals surface area contributed by atoms with Crippen LogP contribution in [0.1, 0.15) is 43.7 Å². The van der Waals surface area contributed by atoms with Gasteiger partial charge in [-0.2, -0.15) is 5.10 Å². The van der Waals surface area contributed by atoms with E-state index in [1.807, 2.05) is 13.1 Å². The second-order valence-corrected chi connectivity index (χ2v) is 6.04. The average molecular weight is 358 g/mol. The van der Waals surface area contributed by atoms with E-state index in [2.05, 4.69) is 10.3 Å². The van der Waals surface area contributed by atoms with Crippen LogP contribution in [-0.4, -0.2) is 43.9 Å². The average Bonchev–Trinajstić information content (AvgIpc) is 3.28. The van der Waals surface area contributed by atoms with Gasteiger partial charge in [-0.05, 0) is 25.5 Å². The molecule has 3 heterocycles. The monoisotopic (exact) mass is 358 g/mol. The van der Waals surface area contributed by atoms with Gasteiger partial charge < -0.3 is 18.9 Å². The Labute approximate surface area is 148 Å². The van der Waals surface area contributed by atoms with Crippen LogP contribution in [0.2, 0.25) is 0 Å². The highest BCUT2D eigenvalue weighted by atomic mass is 16.5. The van der Waals surface area contributed by atoms with Gasteiger partial charge in [0.15, 0.2) is 11.5 Å². The molecule has 0 saturated carbocycles. The van der Waals surface area contributed by atoms with E-state index in [1.54, 1.807) is 30.9 Å². The predicted molar refractivity (Wildman–Crippen MR) is 88.8 cm³/mol. The lowest BCUT2D eigenvalue weighted by Gasteiger charge is -2.13. The number of aryl methyl sites for hydroxylation is 2. The highest BCUT2D eigenvalue weighted by Gasteiger charge is 2.20. The largest absolute Gasteiger partial charge is 0.478 e. The maximum atomic E-state index is 12.5. The van der Waals surface area contributed by atoms with Gasteiger partial charge in [-0.1, -0.05) is 5.16 Å². The minimum atomic E-state index is -1.07. The number of nitrogens with zero attached hydrogens (tertiary/aromatic N) is 4. The Morgan fingerprint density at radius 3 is 2.65 bits per heavy atom. The molecule has 1 N–H and O–H groups in total. The van der Waals surface area contributed by atoms with Gasteiger partial charge in [-0.15, -0.1) is 0 Å². The Kier molecular flexibility index (Phi) is 4.61. The maximum Gasteiger partial charge on any atom is 0.339 e. The third-order valence-electron chi connectivity index (χ3n) is 3.80. The van der Waals surface area contributed by atoms with Crippen molar-refractivity contribution in [1.29, 1.82) is 0 Å².